The third-order valence-corrected chi connectivity index (χ3v) is 4.62. The molecule has 3 aromatic rings. The Morgan fingerprint density at radius 1 is 0.846 bits per heavy atom. The Balaban J connectivity index is 1.97. The van der Waals surface area contributed by atoms with Crippen molar-refractivity contribution in [2.75, 3.05) is 0 Å². The van der Waals surface area contributed by atoms with Crippen molar-refractivity contribution in [3.8, 4) is 0 Å². The van der Waals surface area contributed by atoms with Crippen LogP contribution in [0.5, 0.6) is 0 Å². The van der Waals surface area contributed by atoms with E-state index in [2.05, 4.69) is 6.92 Å². The van der Waals surface area contributed by atoms with Gasteiger partial charge in [0, 0.05) is 18.1 Å². The highest BCUT2D eigenvalue weighted by molar-refractivity contribution is 6.05. The Labute approximate surface area is 154 Å². The van der Waals surface area contributed by atoms with E-state index in [-0.39, 0.29) is 18.1 Å². The van der Waals surface area contributed by atoms with E-state index in [1.54, 1.807) is 0 Å². The first-order valence-electron chi connectivity index (χ1n) is 9.23. The van der Waals surface area contributed by atoms with E-state index in [0.29, 0.717) is 17.7 Å². The zero-order valence-electron chi connectivity index (χ0n) is 15.2. The van der Waals surface area contributed by atoms with Gasteiger partial charge in [-0.3, -0.25) is 9.59 Å². The largest absolute Gasteiger partial charge is 0.287 e. The minimum atomic E-state index is 0.00786. The first-order valence-corrected chi connectivity index (χ1v) is 9.23. The molecular weight excluding hydrogens is 322 g/mol. The maximum atomic E-state index is 12.9. The Morgan fingerprint density at radius 3 is 2.35 bits per heavy atom. The standard InChI is InChI=1S/C23H24NO2/c1-2-3-5-14-21(25)23-20-13-9-8-10-18(20)15-16-24(23)17-22(26)19-11-6-4-7-12-19/h4,6-13,15-16H,2-3,5,14,17H2,1H3/q+1. The molecular formula is C23H24NO2+. The Hall–Kier alpha value is -2.81. The van der Waals surface area contributed by atoms with Gasteiger partial charge in [0.15, 0.2) is 6.20 Å². The number of rotatable bonds is 8. The van der Waals surface area contributed by atoms with Gasteiger partial charge in [-0.1, -0.05) is 68.3 Å². The molecule has 0 spiro atoms. The number of hydrogen-bond acceptors (Lipinski definition) is 2. The fraction of sp³-hybridized carbons (Fsp3) is 0.261. The highest BCUT2D eigenvalue weighted by Crippen LogP contribution is 2.18. The summed E-state index contributed by atoms with van der Waals surface area (Å²) in [5.74, 6) is 0.115. The predicted octanol–water partition coefficient (Wildman–Crippen LogP) is 4.77. The van der Waals surface area contributed by atoms with E-state index < -0.39 is 0 Å². The number of fused-ring (bicyclic) bond motifs is 1. The van der Waals surface area contributed by atoms with Gasteiger partial charge >= 0.3 is 0 Å². The third kappa shape index (κ3) is 4.05. The van der Waals surface area contributed by atoms with Crippen molar-refractivity contribution in [3.05, 3.63) is 78.1 Å². The second-order valence-corrected chi connectivity index (χ2v) is 6.55. The molecule has 3 heteroatoms. The van der Waals surface area contributed by atoms with Crippen LogP contribution in [0, 0.1) is 0 Å². The molecule has 0 bridgehead atoms. The number of benzene rings is 2. The van der Waals surface area contributed by atoms with Crippen LogP contribution >= 0.6 is 0 Å². The van der Waals surface area contributed by atoms with Gasteiger partial charge in [-0.05, 0) is 17.9 Å². The van der Waals surface area contributed by atoms with Gasteiger partial charge in [-0.25, -0.2) is 0 Å². The van der Waals surface area contributed by atoms with E-state index in [1.807, 2.05) is 71.4 Å². The molecule has 3 rings (SSSR count). The number of hydrogen-bond donors (Lipinski definition) is 0. The normalized spacial score (nSPS) is 10.8. The SMILES string of the molecule is CCCCCC(=O)c1c2ccccc2cc[n+]1CC(=O)c1ccccc1. The smallest absolute Gasteiger partial charge is 0.256 e. The molecule has 0 saturated heterocycles. The summed E-state index contributed by atoms with van der Waals surface area (Å²) in [4.78, 5) is 25.6. The summed E-state index contributed by atoms with van der Waals surface area (Å²) in [7, 11) is 0. The third-order valence-electron chi connectivity index (χ3n) is 4.62. The summed E-state index contributed by atoms with van der Waals surface area (Å²) < 4.78 is 1.81. The quantitative estimate of drug-likeness (QED) is 0.335. The van der Waals surface area contributed by atoms with Gasteiger partial charge in [-0.2, -0.15) is 4.57 Å². The predicted molar refractivity (Wildman–Crippen MR) is 103 cm³/mol. The molecule has 0 saturated carbocycles. The van der Waals surface area contributed by atoms with E-state index in [0.717, 1.165) is 30.0 Å². The number of carbonyl (C=O) groups is 2. The van der Waals surface area contributed by atoms with Crippen LogP contribution in [0.1, 0.15) is 53.5 Å². The van der Waals surface area contributed by atoms with Crippen molar-refractivity contribution >= 4 is 22.3 Å². The van der Waals surface area contributed by atoms with Crippen LogP contribution < -0.4 is 4.57 Å². The summed E-state index contributed by atoms with van der Waals surface area (Å²) in [5.41, 5.74) is 1.31. The highest BCUT2D eigenvalue weighted by Gasteiger charge is 2.24. The number of carbonyl (C=O) groups excluding carboxylic acids is 2. The molecule has 132 valence electrons. The minimum absolute atomic E-state index is 0.00786. The molecule has 0 amide bonds. The number of ketones is 2. The van der Waals surface area contributed by atoms with Crippen LogP contribution in [0.25, 0.3) is 10.8 Å². The Bertz CT molecular complexity index is 916. The second kappa shape index (κ2) is 8.52. The molecule has 0 N–H and O–H groups in total. The van der Waals surface area contributed by atoms with Crippen LogP contribution in [0.4, 0.5) is 0 Å². The van der Waals surface area contributed by atoms with Crippen molar-refractivity contribution in [3.63, 3.8) is 0 Å². The van der Waals surface area contributed by atoms with Gasteiger partial charge in [0.2, 0.25) is 18.1 Å². The number of unbranched alkanes of at least 4 members (excludes halogenated alkanes) is 2. The molecule has 3 nitrogen and oxygen atoms in total. The lowest BCUT2D eigenvalue weighted by molar-refractivity contribution is -0.683. The fourth-order valence-electron chi connectivity index (χ4n) is 3.22. The van der Waals surface area contributed by atoms with Gasteiger partial charge in [0.1, 0.15) is 0 Å². The summed E-state index contributed by atoms with van der Waals surface area (Å²) >= 11 is 0. The Kier molecular flexibility index (Phi) is 5.90. The monoisotopic (exact) mass is 346 g/mol. The zero-order chi connectivity index (χ0) is 18.4. The molecule has 0 atom stereocenters. The van der Waals surface area contributed by atoms with E-state index in [4.69, 9.17) is 0 Å². The van der Waals surface area contributed by atoms with Crippen LogP contribution in [0.2, 0.25) is 0 Å². The fourth-order valence-corrected chi connectivity index (χ4v) is 3.22. The van der Waals surface area contributed by atoms with Crippen LogP contribution in [-0.2, 0) is 6.54 Å². The molecule has 0 aliphatic rings. The number of aromatic nitrogens is 1. The van der Waals surface area contributed by atoms with E-state index >= 15 is 0 Å². The van der Waals surface area contributed by atoms with Gasteiger partial charge in [0.25, 0.3) is 5.69 Å². The first kappa shape index (κ1) is 18.0. The van der Waals surface area contributed by atoms with E-state index in [1.165, 1.54) is 0 Å². The molecule has 26 heavy (non-hydrogen) atoms. The molecule has 0 unspecified atom stereocenters. The molecule has 0 fully saturated rings. The van der Waals surface area contributed by atoms with Gasteiger partial charge in [0.05, 0.1) is 5.39 Å². The summed E-state index contributed by atoms with van der Waals surface area (Å²) in [6.45, 7) is 2.30. The molecule has 0 radical (unpaired) electrons. The van der Waals surface area contributed by atoms with E-state index in [9.17, 15) is 9.59 Å². The number of Topliss-reactive ketones (excluding diaryl/α,β-unsaturated/α-hetero) is 2. The maximum absolute atomic E-state index is 12.9. The number of pyridine rings is 1. The molecule has 1 aromatic heterocycles. The zero-order valence-corrected chi connectivity index (χ0v) is 15.2. The molecule has 2 aromatic carbocycles. The van der Waals surface area contributed by atoms with Crippen molar-refractivity contribution in [2.45, 2.75) is 39.2 Å². The van der Waals surface area contributed by atoms with Gasteiger partial charge in [-0.15, -0.1) is 0 Å². The van der Waals surface area contributed by atoms with Crippen molar-refractivity contribution < 1.29 is 14.2 Å². The molecule has 0 aliphatic heterocycles. The average molecular weight is 346 g/mol. The Morgan fingerprint density at radius 2 is 1.58 bits per heavy atom. The maximum Gasteiger partial charge on any atom is 0.256 e. The second-order valence-electron chi connectivity index (χ2n) is 6.55. The topological polar surface area (TPSA) is 38.0 Å². The van der Waals surface area contributed by atoms with Crippen LogP contribution in [0.3, 0.4) is 0 Å². The van der Waals surface area contributed by atoms with Crippen LogP contribution in [0.15, 0.2) is 66.9 Å². The van der Waals surface area contributed by atoms with Crippen LogP contribution in [-0.4, -0.2) is 11.6 Å². The lowest BCUT2D eigenvalue weighted by Crippen LogP contribution is -2.43. The summed E-state index contributed by atoms with van der Waals surface area (Å²) in [5, 5.41) is 1.94. The number of nitrogens with zero attached hydrogens (tertiary/aromatic N) is 1. The molecule has 0 aliphatic carbocycles. The van der Waals surface area contributed by atoms with Crippen molar-refractivity contribution in [2.24, 2.45) is 0 Å². The first-order chi connectivity index (χ1) is 12.7. The summed E-state index contributed by atoms with van der Waals surface area (Å²) in [6, 6.07) is 19.1. The van der Waals surface area contributed by atoms with Gasteiger partial charge < -0.3 is 0 Å². The molecule has 1 heterocycles. The lowest BCUT2D eigenvalue weighted by atomic mass is 10.0. The van der Waals surface area contributed by atoms with Crippen molar-refractivity contribution in [1.82, 2.24) is 0 Å². The average Bonchev–Trinajstić information content (AvgIpc) is 2.68. The summed E-state index contributed by atoms with van der Waals surface area (Å²) in [6.07, 6.45) is 5.37. The lowest BCUT2D eigenvalue weighted by Gasteiger charge is -2.07. The van der Waals surface area contributed by atoms with Crippen molar-refractivity contribution in [1.29, 1.82) is 0 Å². The minimum Gasteiger partial charge on any atom is -0.287 e. The highest BCUT2D eigenvalue weighted by atomic mass is 16.1.